The molecule has 1 aliphatic carbocycles. The van der Waals surface area contributed by atoms with Crippen LogP contribution >= 0.6 is 0 Å². The molecule has 0 N–H and O–H groups in total. The first-order valence-electron chi connectivity index (χ1n) is 13.4. The van der Waals surface area contributed by atoms with Crippen LogP contribution in [0.4, 0.5) is 43.9 Å². The van der Waals surface area contributed by atoms with E-state index in [-0.39, 0.29) is 10.8 Å². The predicted molar refractivity (Wildman–Crippen MR) is 153 cm³/mol. The zero-order valence-electron chi connectivity index (χ0n) is 23.3. The Balaban J connectivity index is 1.69. The monoisotopic (exact) mass is 710 g/mol. The molecule has 1 nitrogen and oxygen atoms in total. The van der Waals surface area contributed by atoms with Crippen molar-refractivity contribution in [3.8, 4) is 11.1 Å². The number of fused-ring (bicyclic) bond motifs is 3. The molecule has 7 rings (SSSR count). The van der Waals surface area contributed by atoms with Crippen molar-refractivity contribution in [2.45, 2.75) is 26.1 Å². The van der Waals surface area contributed by atoms with Gasteiger partial charge in [0.05, 0.1) is 0 Å². The Kier molecular flexibility index (Phi) is 6.24. The summed E-state index contributed by atoms with van der Waals surface area (Å²) in [5, 5.41) is -8.65. The predicted octanol–water partition coefficient (Wildman–Crippen LogP) is 8.45. The molecule has 1 atom stereocenters. The van der Waals surface area contributed by atoms with Gasteiger partial charge in [0.25, 0.3) is 0 Å². The average molecular weight is 710 g/mol. The molecule has 1 aliphatic rings. The van der Waals surface area contributed by atoms with Gasteiger partial charge in [-0.2, -0.15) is 0 Å². The molecule has 0 fully saturated rings. The first kappa shape index (κ1) is 29.9. The minimum atomic E-state index is -5.57. The van der Waals surface area contributed by atoms with Crippen LogP contribution in [0.5, 0.6) is 0 Å². The zero-order chi connectivity index (χ0) is 32.7. The molecule has 0 saturated heterocycles. The van der Waals surface area contributed by atoms with Crippen LogP contribution < -0.4 is 8.70 Å². The van der Waals surface area contributed by atoms with E-state index in [0.29, 0.717) is 22.3 Å². The molecule has 6 aromatic rings. The maximum absolute atomic E-state index is 16.3. The Labute approximate surface area is 250 Å². The van der Waals surface area contributed by atoms with Gasteiger partial charge < -0.3 is 0 Å². The summed E-state index contributed by atoms with van der Waals surface area (Å²) in [5.41, 5.74) is 1.91. The van der Waals surface area contributed by atoms with Crippen LogP contribution in [0, 0.1) is 58.2 Å². The van der Waals surface area contributed by atoms with Crippen LogP contribution in [-0.4, -0.2) is 19.4 Å². The molecule has 0 radical (unpaired) electrons. The van der Waals surface area contributed by atoms with Crippen molar-refractivity contribution < 1.29 is 47.6 Å². The third-order valence-electron chi connectivity index (χ3n) is 8.68. The first-order valence-corrected chi connectivity index (χ1v) is 22.3. The standard InChI is InChI=1S/C32H17AsF10OSi/c1-45(2,3)33(44,12-7-8-13-11(9-12)10-15-14(13)5-4-6-16(15)34)23-19-17-18-21(25(36)24(19)35)29(40)32(43)30(41)22(18)27(38)26(37)20(17)28(39)31(23)42/h4-9H,10H2,1-3H3. The van der Waals surface area contributed by atoms with E-state index >= 15 is 30.1 Å². The van der Waals surface area contributed by atoms with Crippen LogP contribution in [0.2, 0.25) is 19.6 Å². The molecule has 45 heavy (non-hydrogen) atoms. The molecule has 0 amide bonds. The molecule has 13 heteroatoms. The van der Waals surface area contributed by atoms with Crippen LogP contribution in [0.15, 0.2) is 36.4 Å². The summed E-state index contributed by atoms with van der Waals surface area (Å²) >= 11 is -5.57. The summed E-state index contributed by atoms with van der Waals surface area (Å²) < 4.78 is 168. The number of rotatable bonds is 3. The number of benzene rings is 6. The number of halogens is 10. The van der Waals surface area contributed by atoms with Gasteiger partial charge in [-0.15, -0.1) is 0 Å². The van der Waals surface area contributed by atoms with Gasteiger partial charge in [0, 0.05) is 0 Å². The normalized spacial score (nSPS) is 14.5. The number of hydrogen-bond donors (Lipinski definition) is 0. The van der Waals surface area contributed by atoms with E-state index in [2.05, 4.69) is 0 Å². The van der Waals surface area contributed by atoms with Gasteiger partial charge in [0.1, 0.15) is 0 Å². The Morgan fingerprint density at radius 2 is 1.04 bits per heavy atom. The third kappa shape index (κ3) is 3.58. The van der Waals surface area contributed by atoms with Crippen LogP contribution in [-0.2, 0) is 10.2 Å². The van der Waals surface area contributed by atoms with Gasteiger partial charge in [0.15, 0.2) is 0 Å². The van der Waals surface area contributed by atoms with E-state index in [1.807, 2.05) is 0 Å². The second-order valence-corrected chi connectivity index (χ2v) is 32.6. The van der Waals surface area contributed by atoms with E-state index in [4.69, 9.17) is 0 Å². The van der Waals surface area contributed by atoms with E-state index in [1.54, 1.807) is 6.07 Å². The second kappa shape index (κ2) is 9.39. The molecule has 0 aliphatic heterocycles. The fraction of sp³-hybridized carbons (Fsp3) is 0.125. The van der Waals surface area contributed by atoms with Crippen LogP contribution in [0.25, 0.3) is 43.4 Å². The van der Waals surface area contributed by atoms with Gasteiger partial charge in [0.2, 0.25) is 0 Å². The van der Waals surface area contributed by atoms with Crippen molar-refractivity contribution >= 4 is 60.4 Å². The van der Waals surface area contributed by atoms with Gasteiger partial charge >= 0.3 is 251 Å². The summed E-state index contributed by atoms with van der Waals surface area (Å²) in [6.07, 6.45) is 0.0413. The van der Waals surface area contributed by atoms with E-state index in [0.717, 1.165) is 0 Å². The quantitative estimate of drug-likeness (QED) is 0.0779. The van der Waals surface area contributed by atoms with Crippen molar-refractivity contribution in [3.05, 3.63) is 106 Å². The van der Waals surface area contributed by atoms with Gasteiger partial charge in [-0.05, 0) is 0 Å². The fourth-order valence-corrected chi connectivity index (χ4v) is 22.7. The SMILES string of the molecule is C[Si](C)(C)[As](=O)(c1ccc2c(c1)Cc1c(F)cccc1-2)c1c(F)c(F)c2c(F)c(F)c3c(F)c(F)c(F)c4c(F)c(F)c1c2c34. The van der Waals surface area contributed by atoms with Gasteiger partial charge in [-0.1, -0.05) is 0 Å². The van der Waals surface area contributed by atoms with Gasteiger partial charge in [-0.25, -0.2) is 0 Å². The van der Waals surface area contributed by atoms with Crippen molar-refractivity contribution in [1.29, 1.82) is 0 Å². The average Bonchev–Trinajstić information content (AvgIpc) is 3.37. The molecular formula is C32H17AsF10OSi. The zero-order valence-corrected chi connectivity index (χ0v) is 26.2. The molecular weight excluding hydrogens is 693 g/mol. The third-order valence-corrected chi connectivity index (χ3v) is 29.3. The topological polar surface area (TPSA) is 17.1 Å². The summed E-state index contributed by atoms with van der Waals surface area (Å²) in [4.78, 5) is 0. The Morgan fingerprint density at radius 1 is 0.556 bits per heavy atom. The van der Waals surface area contributed by atoms with Gasteiger partial charge in [-0.3, -0.25) is 0 Å². The Bertz CT molecular complexity index is 2360. The van der Waals surface area contributed by atoms with Crippen LogP contribution in [0.3, 0.4) is 0 Å². The van der Waals surface area contributed by atoms with Crippen molar-refractivity contribution in [1.82, 2.24) is 0 Å². The molecule has 6 aromatic carbocycles. The summed E-state index contributed by atoms with van der Waals surface area (Å²) in [6, 6.07) is 8.63. The molecule has 0 spiro atoms. The molecule has 0 heterocycles. The van der Waals surface area contributed by atoms with Crippen LogP contribution in [0.1, 0.15) is 11.1 Å². The first-order chi connectivity index (χ1) is 21.0. The summed E-state index contributed by atoms with van der Waals surface area (Å²) in [7, 11) is 0. The Hall–Kier alpha value is -3.76. The summed E-state index contributed by atoms with van der Waals surface area (Å²) in [6.45, 7) is 1.07. The molecule has 0 aromatic heterocycles. The molecule has 230 valence electrons. The van der Waals surface area contributed by atoms with Crippen molar-refractivity contribution in [2.24, 2.45) is 0 Å². The fourth-order valence-electron chi connectivity index (χ4n) is 6.62. The maximum atomic E-state index is 16.3. The molecule has 0 saturated carbocycles. The second-order valence-electron chi connectivity index (χ2n) is 12.0. The number of hydrogen-bond acceptors (Lipinski definition) is 1. The Morgan fingerprint density at radius 3 is 1.60 bits per heavy atom. The minimum absolute atomic E-state index is 0.0413. The molecule has 0 bridgehead atoms. The van der Waals surface area contributed by atoms with E-state index in [1.165, 1.54) is 50.0 Å². The van der Waals surface area contributed by atoms with Crippen molar-refractivity contribution in [3.63, 3.8) is 0 Å². The summed E-state index contributed by atoms with van der Waals surface area (Å²) in [5.74, 6) is -20.7. The van der Waals surface area contributed by atoms with Crippen molar-refractivity contribution in [2.75, 3.05) is 0 Å². The van der Waals surface area contributed by atoms with E-state index < -0.39 is 114 Å². The molecule has 1 unspecified atom stereocenters. The van der Waals surface area contributed by atoms with E-state index in [9.17, 15) is 17.6 Å².